The third kappa shape index (κ3) is 2.88. The van der Waals surface area contributed by atoms with Crippen molar-refractivity contribution in [3.8, 4) is 0 Å². The number of halogens is 1. The quantitative estimate of drug-likeness (QED) is 0.508. The lowest BCUT2D eigenvalue weighted by Gasteiger charge is -2.05. The van der Waals surface area contributed by atoms with Gasteiger partial charge in [-0.15, -0.1) is 10.2 Å². The van der Waals surface area contributed by atoms with Crippen molar-refractivity contribution < 1.29 is 9.21 Å². The molecule has 0 spiro atoms. The van der Waals surface area contributed by atoms with E-state index in [0.29, 0.717) is 22.4 Å². The summed E-state index contributed by atoms with van der Waals surface area (Å²) in [4.78, 5) is 12.4. The molecule has 4 rings (SSSR count). The largest absolute Gasteiger partial charge is 0.453 e. The van der Waals surface area contributed by atoms with E-state index in [2.05, 4.69) is 14.8 Å². The summed E-state index contributed by atoms with van der Waals surface area (Å²) < 4.78 is 7.73. The van der Waals surface area contributed by atoms with Crippen LogP contribution in [-0.2, 0) is 0 Å². The van der Waals surface area contributed by atoms with Gasteiger partial charge in [-0.1, -0.05) is 23.4 Å². The molecular formula is C16H14ClN3O2S. The first-order chi connectivity index (χ1) is 11.1. The van der Waals surface area contributed by atoms with E-state index in [1.165, 1.54) is 11.8 Å². The molecule has 0 atom stereocenters. The Labute approximate surface area is 142 Å². The molecule has 2 heterocycles. The molecule has 5 nitrogen and oxygen atoms in total. The molecule has 0 unspecified atom stereocenters. The molecule has 118 valence electrons. The zero-order valence-corrected chi connectivity index (χ0v) is 14.0. The summed E-state index contributed by atoms with van der Waals surface area (Å²) in [6.45, 7) is 1.94. The second-order valence-corrected chi connectivity index (χ2v) is 7.01. The molecule has 0 amide bonds. The fourth-order valence-electron chi connectivity index (χ4n) is 2.55. The number of hydrogen-bond donors (Lipinski definition) is 0. The fourth-order valence-corrected chi connectivity index (χ4v) is 3.66. The maximum Gasteiger partial charge on any atom is 0.208 e. The number of aryl methyl sites for hydroxylation is 1. The van der Waals surface area contributed by atoms with E-state index in [-0.39, 0.29) is 11.5 Å². The van der Waals surface area contributed by atoms with Crippen molar-refractivity contribution in [3.63, 3.8) is 0 Å². The first kappa shape index (κ1) is 14.8. The molecule has 0 radical (unpaired) electrons. The Morgan fingerprint density at radius 1 is 1.39 bits per heavy atom. The maximum atomic E-state index is 12.4. The monoisotopic (exact) mass is 347 g/mol. The van der Waals surface area contributed by atoms with Crippen molar-refractivity contribution in [2.45, 2.75) is 31.0 Å². The number of rotatable bonds is 5. The predicted molar refractivity (Wildman–Crippen MR) is 89.3 cm³/mol. The minimum atomic E-state index is -0.0645. The molecule has 2 aromatic heterocycles. The summed E-state index contributed by atoms with van der Waals surface area (Å²) in [6.07, 6.45) is 2.31. The first-order valence-corrected chi connectivity index (χ1v) is 8.75. The zero-order valence-electron chi connectivity index (χ0n) is 12.5. The van der Waals surface area contributed by atoms with E-state index < -0.39 is 0 Å². The van der Waals surface area contributed by atoms with Gasteiger partial charge in [-0.3, -0.25) is 4.79 Å². The number of furan rings is 1. The minimum absolute atomic E-state index is 0.0645. The molecule has 0 saturated heterocycles. The molecular weight excluding hydrogens is 334 g/mol. The number of aromatic nitrogens is 3. The molecule has 1 saturated carbocycles. The predicted octanol–water partition coefficient (Wildman–Crippen LogP) is 4.30. The molecule has 1 fully saturated rings. The maximum absolute atomic E-state index is 12.4. The fraction of sp³-hybridized carbons (Fsp3) is 0.312. The number of fused-ring (bicyclic) bond motifs is 1. The van der Waals surface area contributed by atoms with Crippen molar-refractivity contribution >= 4 is 40.1 Å². The van der Waals surface area contributed by atoms with Gasteiger partial charge in [0.2, 0.25) is 5.78 Å². The van der Waals surface area contributed by atoms with Crippen LogP contribution < -0.4 is 0 Å². The van der Waals surface area contributed by atoms with Gasteiger partial charge in [0.05, 0.1) is 5.75 Å². The van der Waals surface area contributed by atoms with Gasteiger partial charge in [0, 0.05) is 16.5 Å². The second kappa shape index (κ2) is 5.69. The second-order valence-electron chi connectivity index (χ2n) is 5.64. The molecule has 0 bridgehead atoms. The van der Waals surface area contributed by atoms with E-state index in [0.717, 1.165) is 29.2 Å². The van der Waals surface area contributed by atoms with E-state index in [1.807, 2.05) is 6.92 Å². The van der Waals surface area contributed by atoms with E-state index in [9.17, 15) is 4.79 Å². The number of Topliss-reactive ketones (excluding diaryl/α,β-unsaturated/α-hetero) is 1. The van der Waals surface area contributed by atoms with Gasteiger partial charge in [0.15, 0.2) is 10.9 Å². The topological polar surface area (TPSA) is 60.9 Å². The Bertz CT molecular complexity index is 898. The van der Waals surface area contributed by atoms with Gasteiger partial charge >= 0.3 is 0 Å². The molecule has 1 aliphatic carbocycles. The lowest BCUT2D eigenvalue weighted by atomic mass is 10.2. The number of thioether (sulfide) groups is 1. The average Bonchev–Trinajstić information content (AvgIpc) is 3.16. The Morgan fingerprint density at radius 3 is 3.00 bits per heavy atom. The van der Waals surface area contributed by atoms with Gasteiger partial charge in [0.1, 0.15) is 11.4 Å². The number of nitrogens with zero attached hydrogens (tertiary/aromatic N) is 3. The summed E-state index contributed by atoms with van der Waals surface area (Å²) in [5, 5.41) is 10.6. The van der Waals surface area contributed by atoms with Crippen LogP contribution in [0.3, 0.4) is 0 Å². The molecule has 7 heteroatoms. The van der Waals surface area contributed by atoms with Gasteiger partial charge in [-0.2, -0.15) is 0 Å². The van der Waals surface area contributed by atoms with Crippen LogP contribution in [-0.4, -0.2) is 26.3 Å². The Kier molecular flexibility index (Phi) is 3.66. The number of benzene rings is 1. The lowest BCUT2D eigenvalue weighted by Crippen LogP contribution is -2.04. The van der Waals surface area contributed by atoms with Crippen molar-refractivity contribution in [2.75, 3.05) is 5.75 Å². The van der Waals surface area contributed by atoms with Crippen LogP contribution >= 0.6 is 23.4 Å². The SMILES string of the molecule is Cc1nnc(SCC(=O)c2cc3cc(Cl)ccc3o2)n1C1CC1. The molecule has 0 aliphatic heterocycles. The van der Waals surface area contributed by atoms with Crippen molar-refractivity contribution in [1.82, 2.24) is 14.8 Å². The van der Waals surface area contributed by atoms with Gasteiger partial charge in [0.25, 0.3) is 0 Å². The highest BCUT2D eigenvalue weighted by Crippen LogP contribution is 2.38. The summed E-state index contributed by atoms with van der Waals surface area (Å²) >= 11 is 7.36. The van der Waals surface area contributed by atoms with Crippen molar-refractivity contribution in [2.24, 2.45) is 0 Å². The number of ketones is 1. The Balaban J connectivity index is 1.51. The highest BCUT2D eigenvalue weighted by Gasteiger charge is 2.28. The number of carbonyl (C=O) groups excluding carboxylic acids is 1. The summed E-state index contributed by atoms with van der Waals surface area (Å²) in [7, 11) is 0. The zero-order chi connectivity index (χ0) is 16.0. The van der Waals surface area contributed by atoms with Gasteiger partial charge < -0.3 is 8.98 Å². The summed E-state index contributed by atoms with van der Waals surface area (Å²) in [5.74, 6) is 1.47. The standard InChI is InChI=1S/C16H14ClN3O2S/c1-9-18-19-16(20(9)12-3-4-12)23-8-13(21)15-7-10-6-11(17)2-5-14(10)22-15/h2,5-7,12H,3-4,8H2,1H3. The van der Waals surface area contributed by atoms with E-state index >= 15 is 0 Å². The van der Waals surface area contributed by atoms with Gasteiger partial charge in [-0.05, 0) is 44.0 Å². The van der Waals surface area contributed by atoms with Crippen LogP contribution in [0.4, 0.5) is 0 Å². The highest BCUT2D eigenvalue weighted by molar-refractivity contribution is 7.99. The summed E-state index contributed by atoms with van der Waals surface area (Å²) in [6, 6.07) is 7.54. The first-order valence-electron chi connectivity index (χ1n) is 7.38. The third-order valence-corrected chi connectivity index (χ3v) is 5.01. The Morgan fingerprint density at radius 2 is 2.22 bits per heavy atom. The van der Waals surface area contributed by atoms with Crippen LogP contribution in [0.15, 0.2) is 33.8 Å². The van der Waals surface area contributed by atoms with Crippen LogP contribution in [0.1, 0.15) is 35.3 Å². The molecule has 0 N–H and O–H groups in total. The molecule has 3 aromatic rings. The van der Waals surface area contributed by atoms with E-state index in [1.54, 1.807) is 24.3 Å². The smallest absolute Gasteiger partial charge is 0.208 e. The Hall–Kier alpha value is -1.79. The number of hydrogen-bond acceptors (Lipinski definition) is 5. The van der Waals surface area contributed by atoms with Crippen molar-refractivity contribution in [1.29, 1.82) is 0 Å². The van der Waals surface area contributed by atoms with Crippen molar-refractivity contribution in [3.05, 3.63) is 40.9 Å². The van der Waals surface area contributed by atoms with E-state index in [4.69, 9.17) is 16.0 Å². The van der Waals surface area contributed by atoms with Crippen LogP contribution in [0, 0.1) is 6.92 Å². The van der Waals surface area contributed by atoms with Gasteiger partial charge in [-0.25, -0.2) is 0 Å². The van der Waals surface area contributed by atoms with Crippen LogP contribution in [0.2, 0.25) is 5.02 Å². The average molecular weight is 348 g/mol. The van der Waals surface area contributed by atoms with Crippen LogP contribution in [0.5, 0.6) is 0 Å². The normalized spacial score (nSPS) is 14.5. The lowest BCUT2D eigenvalue weighted by molar-refractivity contribution is 0.0994. The number of carbonyl (C=O) groups is 1. The molecule has 1 aliphatic rings. The highest BCUT2D eigenvalue weighted by atomic mass is 35.5. The van der Waals surface area contributed by atoms with Crippen LogP contribution in [0.25, 0.3) is 11.0 Å². The minimum Gasteiger partial charge on any atom is -0.453 e. The molecule has 1 aromatic carbocycles. The third-order valence-electron chi connectivity index (χ3n) is 3.83. The summed E-state index contributed by atoms with van der Waals surface area (Å²) in [5.41, 5.74) is 0.666. The molecule has 23 heavy (non-hydrogen) atoms.